The Morgan fingerprint density at radius 2 is 1.18 bits per heavy atom. The van der Waals surface area contributed by atoms with Crippen LogP contribution in [0, 0.1) is 0 Å². The first-order valence-corrected chi connectivity index (χ1v) is 2.39. The summed E-state index contributed by atoms with van der Waals surface area (Å²) in [4.78, 5) is 0. The molecule has 0 aliphatic carbocycles. The Morgan fingerprint density at radius 3 is 1.18 bits per heavy atom. The van der Waals surface area contributed by atoms with Gasteiger partial charge in [0.25, 0.3) is 6.43 Å². The molecule has 2 N–H and O–H groups in total. The Balaban J connectivity index is 0. The molecule has 0 saturated heterocycles. The third-order valence-corrected chi connectivity index (χ3v) is 0.241. The molecular weight excluding hydrogens is 176 g/mol. The predicted molar refractivity (Wildman–Crippen MR) is 26.8 cm³/mol. The lowest BCUT2D eigenvalue weighted by molar-refractivity contribution is -0.110. The lowest BCUT2D eigenvalue weighted by Crippen LogP contribution is -2.22. The van der Waals surface area contributed by atoms with Crippen LogP contribution in [-0.2, 0) is 0 Å². The second-order valence-corrected chi connectivity index (χ2v) is 1.56. The van der Waals surface area contributed by atoms with Gasteiger partial charge in [0.1, 0.15) is 0 Å². The van der Waals surface area contributed by atoms with Crippen molar-refractivity contribution in [1.29, 1.82) is 0 Å². The van der Waals surface area contributed by atoms with Crippen LogP contribution in [0.5, 0.6) is 0 Å². The van der Waals surface area contributed by atoms with Crippen molar-refractivity contribution in [2.24, 2.45) is 5.73 Å². The van der Waals surface area contributed by atoms with Crippen molar-refractivity contribution in [1.82, 2.24) is 0 Å². The van der Waals surface area contributed by atoms with Crippen LogP contribution in [0.4, 0.5) is 26.3 Å². The van der Waals surface area contributed by atoms with Crippen LogP contribution in [0.2, 0.25) is 0 Å². The molecule has 1 atom stereocenters. The van der Waals surface area contributed by atoms with Crippen molar-refractivity contribution in [3.8, 4) is 0 Å². The van der Waals surface area contributed by atoms with Crippen LogP contribution in [0.25, 0.3) is 0 Å². The van der Waals surface area contributed by atoms with Gasteiger partial charge in [0, 0.05) is 6.92 Å². The maximum atomic E-state index is 10.9. The lowest BCUT2D eigenvalue weighted by Gasteiger charge is -1.93. The maximum Gasteiger partial charge on any atom is 0.386 e. The first-order valence-electron chi connectivity index (χ1n) is 2.39. The molecule has 70 valence electrons. The van der Waals surface area contributed by atoms with Crippen LogP contribution in [0.3, 0.4) is 0 Å². The molecule has 1 nitrogen and oxygen atoms in total. The van der Waals surface area contributed by atoms with Crippen LogP contribution in [0.15, 0.2) is 0 Å². The molecule has 0 bridgehead atoms. The van der Waals surface area contributed by atoms with E-state index in [0.29, 0.717) is 0 Å². The number of hydrogen-bond donors (Lipinski definition) is 1. The van der Waals surface area contributed by atoms with Crippen molar-refractivity contribution >= 4 is 0 Å². The van der Waals surface area contributed by atoms with Gasteiger partial charge in [0.2, 0.25) is 6.30 Å². The van der Waals surface area contributed by atoms with Gasteiger partial charge in [-0.25, -0.2) is 13.2 Å². The van der Waals surface area contributed by atoms with Gasteiger partial charge < -0.3 is 0 Å². The Bertz CT molecular complexity index is 75.1. The summed E-state index contributed by atoms with van der Waals surface area (Å²) in [6, 6.07) is 0. The summed E-state index contributed by atoms with van der Waals surface area (Å²) in [6.07, 6.45) is -9.52. The normalized spacial score (nSPS) is 13.9. The topological polar surface area (TPSA) is 26.0 Å². The molecule has 0 aromatic rings. The Morgan fingerprint density at radius 1 is 1.09 bits per heavy atom. The van der Waals surface area contributed by atoms with Gasteiger partial charge in [-0.3, -0.25) is 5.73 Å². The zero-order valence-electron chi connectivity index (χ0n) is 5.50. The summed E-state index contributed by atoms with van der Waals surface area (Å²) in [5, 5.41) is 0. The van der Waals surface area contributed by atoms with Gasteiger partial charge in [0.15, 0.2) is 0 Å². The van der Waals surface area contributed by atoms with Gasteiger partial charge in [0.05, 0.1) is 0 Å². The average Bonchev–Trinajstić information content (AvgIpc) is 1.59. The van der Waals surface area contributed by atoms with Crippen molar-refractivity contribution in [2.75, 3.05) is 0 Å². The molecule has 0 rings (SSSR count). The second kappa shape index (κ2) is 5.22. The monoisotopic (exact) mass is 183 g/mol. The molecule has 0 amide bonds. The maximum absolute atomic E-state index is 10.9. The fourth-order valence-corrected chi connectivity index (χ4v) is 0. The molecular formula is C4H7F6N. The van der Waals surface area contributed by atoms with E-state index in [2.05, 4.69) is 5.73 Å². The number of alkyl halides is 6. The number of halogens is 6. The molecule has 0 aliphatic rings. The van der Waals surface area contributed by atoms with Crippen molar-refractivity contribution in [3.05, 3.63) is 0 Å². The summed E-state index contributed by atoms with van der Waals surface area (Å²) in [5.41, 5.74) is 4.02. The fourth-order valence-electron chi connectivity index (χ4n) is 0. The SMILES string of the molecule is CC(F)(F)F.NC(F)C(F)F. The quantitative estimate of drug-likeness (QED) is 0.488. The Hall–Kier alpha value is -0.460. The van der Waals surface area contributed by atoms with E-state index in [1.807, 2.05) is 0 Å². The summed E-state index contributed by atoms with van der Waals surface area (Å²) in [5.74, 6) is 0. The van der Waals surface area contributed by atoms with Gasteiger partial charge in [-0.15, -0.1) is 0 Å². The Kier molecular flexibility index (Phi) is 6.25. The zero-order valence-corrected chi connectivity index (χ0v) is 5.50. The van der Waals surface area contributed by atoms with E-state index in [0.717, 1.165) is 0 Å². The highest BCUT2D eigenvalue weighted by atomic mass is 19.4. The summed E-state index contributed by atoms with van der Waals surface area (Å²) in [6.45, 7) is 0.188. The fraction of sp³-hybridized carbons (Fsp3) is 1.00. The highest BCUT2D eigenvalue weighted by Gasteiger charge is 2.15. The lowest BCUT2D eigenvalue weighted by atomic mass is 10.7. The third kappa shape index (κ3) is 43.3. The second-order valence-electron chi connectivity index (χ2n) is 1.56. The van der Waals surface area contributed by atoms with E-state index in [1.165, 1.54) is 0 Å². The van der Waals surface area contributed by atoms with E-state index >= 15 is 0 Å². The summed E-state index contributed by atoms with van der Waals surface area (Å²) < 4.78 is 63.2. The largest absolute Gasteiger partial charge is 0.386 e. The minimum atomic E-state index is -4.00. The van der Waals surface area contributed by atoms with Crippen LogP contribution in [0.1, 0.15) is 6.92 Å². The standard InChI is InChI=1S/C2H4F3N.C2H3F3/c3-1(4)2(5)6;1-2(3,4)5/h1-2H,6H2;1H3. The van der Waals surface area contributed by atoms with Gasteiger partial charge in [-0.2, -0.15) is 13.2 Å². The van der Waals surface area contributed by atoms with E-state index in [9.17, 15) is 26.3 Å². The smallest absolute Gasteiger partial charge is 0.297 e. The van der Waals surface area contributed by atoms with E-state index in [1.54, 1.807) is 0 Å². The van der Waals surface area contributed by atoms with Crippen molar-refractivity contribution < 1.29 is 26.3 Å². The minimum absolute atomic E-state index is 0.188. The number of rotatable bonds is 1. The van der Waals surface area contributed by atoms with Gasteiger partial charge in [-0.1, -0.05) is 0 Å². The van der Waals surface area contributed by atoms with Crippen LogP contribution in [-0.4, -0.2) is 18.9 Å². The molecule has 0 saturated carbocycles. The van der Waals surface area contributed by atoms with E-state index in [-0.39, 0.29) is 6.92 Å². The van der Waals surface area contributed by atoms with E-state index < -0.39 is 18.9 Å². The Labute approximate surface area is 59.2 Å². The molecule has 1 unspecified atom stereocenters. The molecule has 0 aromatic heterocycles. The van der Waals surface area contributed by atoms with Crippen molar-refractivity contribution in [3.63, 3.8) is 0 Å². The summed E-state index contributed by atoms with van der Waals surface area (Å²) >= 11 is 0. The summed E-state index contributed by atoms with van der Waals surface area (Å²) in [7, 11) is 0. The predicted octanol–water partition coefficient (Wildman–Crippen LogP) is 2.07. The van der Waals surface area contributed by atoms with Gasteiger partial charge >= 0.3 is 6.18 Å². The molecule has 7 heteroatoms. The molecule has 0 heterocycles. The van der Waals surface area contributed by atoms with E-state index in [4.69, 9.17) is 0 Å². The molecule has 0 fully saturated rings. The molecule has 0 aliphatic heterocycles. The molecule has 0 spiro atoms. The third-order valence-electron chi connectivity index (χ3n) is 0.241. The molecule has 0 aromatic carbocycles. The number of nitrogens with two attached hydrogens (primary N) is 1. The van der Waals surface area contributed by atoms with Crippen LogP contribution < -0.4 is 5.73 Å². The first-order chi connectivity index (χ1) is 4.64. The average molecular weight is 183 g/mol. The van der Waals surface area contributed by atoms with Crippen molar-refractivity contribution in [2.45, 2.75) is 25.8 Å². The molecule has 0 radical (unpaired) electrons. The molecule has 11 heavy (non-hydrogen) atoms. The van der Waals surface area contributed by atoms with Crippen LogP contribution >= 0.6 is 0 Å². The minimum Gasteiger partial charge on any atom is -0.297 e. The highest BCUT2D eigenvalue weighted by molar-refractivity contribution is 4.42. The first kappa shape index (κ1) is 13.2. The number of hydrogen-bond acceptors (Lipinski definition) is 1. The zero-order chi connectivity index (χ0) is 9.65. The highest BCUT2D eigenvalue weighted by Crippen LogP contribution is 2.10. The van der Waals surface area contributed by atoms with Gasteiger partial charge in [-0.05, 0) is 0 Å².